The minimum absolute atomic E-state index is 0.0442. The minimum Gasteiger partial charge on any atom is -0.467 e. The topological polar surface area (TPSA) is 130 Å². The molecule has 1 unspecified atom stereocenters. The molecule has 1 aromatic rings. The lowest BCUT2D eigenvalue weighted by Gasteiger charge is -2.25. The summed E-state index contributed by atoms with van der Waals surface area (Å²) >= 11 is 0. The number of aromatic amines is 1. The Labute approximate surface area is 234 Å². The summed E-state index contributed by atoms with van der Waals surface area (Å²) in [5.41, 5.74) is 6.87. The van der Waals surface area contributed by atoms with Crippen molar-refractivity contribution in [2.75, 3.05) is 13.7 Å². The molecule has 2 rings (SSSR count). The summed E-state index contributed by atoms with van der Waals surface area (Å²) in [6.07, 6.45) is 24.6. The quantitative estimate of drug-likeness (QED) is 0.125. The molecule has 3 atom stereocenters. The highest BCUT2D eigenvalue weighted by atomic mass is 16.5. The molecular formula is C30H51N5O4. The average Bonchev–Trinajstić information content (AvgIpc) is 3.60. The van der Waals surface area contributed by atoms with Gasteiger partial charge in [-0.2, -0.15) is 0 Å². The van der Waals surface area contributed by atoms with Gasteiger partial charge in [0.15, 0.2) is 0 Å². The Hall–Kier alpha value is -2.68. The maximum atomic E-state index is 13.0. The number of rotatable bonds is 20. The number of nitrogens with zero attached hydrogens (tertiary/aromatic N) is 2. The number of methoxy groups -OCH3 is 1. The van der Waals surface area contributed by atoms with Gasteiger partial charge in [-0.1, -0.05) is 70.4 Å². The van der Waals surface area contributed by atoms with Crippen LogP contribution in [0.5, 0.6) is 0 Å². The molecule has 0 aliphatic carbocycles. The molecule has 1 aliphatic rings. The summed E-state index contributed by atoms with van der Waals surface area (Å²) in [6, 6.07) is -1.86. The van der Waals surface area contributed by atoms with E-state index in [1.807, 2.05) is 0 Å². The fourth-order valence-electron chi connectivity index (χ4n) is 5.13. The highest BCUT2D eigenvalue weighted by Crippen LogP contribution is 2.21. The SMILES string of the molecule is CCCCCCCCC=CCCCCCCCC(=O)N[C@H]1C[C@@H](C(=O)OC)N(C(=O)C(N)Cc2cnc[nH]2)C1. The first kappa shape index (κ1) is 32.5. The molecule has 220 valence electrons. The number of esters is 1. The molecule has 0 radical (unpaired) electrons. The second-order valence-electron chi connectivity index (χ2n) is 10.8. The molecule has 1 aromatic heterocycles. The molecule has 4 N–H and O–H groups in total. The highest BCUT2D eigenvalue weighted by molar-refractivity contribution is 5.88. The highest BCUT2D eigenvalue weighted by Gasteiger charge is 2.42. The zero-order chi connectivity index (χ0) is 28.3. The number of H-pyrrole nitrogens is 1. The Bertz CT molecular complexity index is 858. The number of allylic oxidation sites excluding steroid dienone is 2. The number of nitrogens with one attached hydrogen (secondary N) is 2. The van der Waals surface area contributed by atoms with E-state index in [0.29, 0.717) is 12.8 Å². The zero-order valence-corrected chi connectivity index (χ0v) is 24.2. The monoisotopic (exact) mass is 545 g/mol. The van der Waals surface area contributed by atoms with Gasteiger partial charge in [-0.05, 0) is 32.1 Å². The Morgan fingerprint density at radius 3 is 2.33 bits per heavy atom. The summed E-state index contributed by atoms with van der Waals surface area (Å²) in [4.78, 5) is 46.2. The van der Waals surface area contributed by atoms with Gasteiger partial charge in [0.05, 0.1) is 19.5 Å². The number of hydrogen-bond donors (Lipinski definition) is 3. The summed E-state index contributed by atoms with van der Waals surface area (Å²) in [5.74, 6) is -0.877. The molecule has 2 heterocycles. The van der Waals surface area contributed by atoms with E-state index in [-0.39, 0.29) is 30.8 Å². The first-order chi connectivity index (χ1) is 19.0. The van der Waals surface area contributed by atoms with Crippen LogP contribution in [-0.4, -0.2) is 64.4 Å². The van der Waals surface area contributed by atoms with Gasteiger partial charge < -0.3 is 25.7 Å². The van der Waals surface area contributed by atoms with E-state index in [0.717, 1.165) is 31.4 Å². The van der Waals surface area contributed by atoms with E-state index in [2.05, 4.69) is 34.4 Å². The summed E-state index contributed by atoms with van der Waals surface area (Å²) < 4.78 is 4.91. The minimum atomic E-state index is -0.817. The molecule has 39 heavy (non-hydrogen) atoms. The van der Waals surface area contributed by atoms with Gasteiger partial charge in [-0.15, -0.1) is 0 Å². The van der Waals surface area contributed by atoms with Crippen molar-refractivity contribution in [3.8, 4) is 0 Å². The van der Waals surface area contributed by atoms with Crippen LogP contribution in [0.1, 0.15) is 109 Å². The number of likely N-dealkylation sites (tertiary alicyclic amines) is 1. The molecule has 1 saturated heterocycles. The van der Waals surface area contributed by atoms with Crippen LogP contribution in [0, 0.1) is 0 Å². The fourth-order valence-corrected chi connectivity index (χ4v) is 5.13. The Morgan fingerprint density at radius 1 is 1.08 bits per heavy atom. The normalized spacial score (nSPS) is 18.0. The molecule has 9 nitrogen and oxygen atoms in total. The van der Waals surface area contributed by atoms with Crippen LogP contribution < -0.4 is 11.1 Å². The van der Waals surface area contributed by atoms with Crippen molar-refractivity contribution in [3.63, 3.8) is 0 Å². The van der Waals surface area contributed by atoms with Crippen molar-refractivity contribution < 1.29 is 19.1 Å². The van der Waals surface area contributed by atoms with Crippen LogP contribution in [0.4, 0.5) is 0 Å². The lowest BCUT2D eigenvalue weighted by Crippen LogP contribution is -2.50. The molecule has 0 bridgehead atoms. The summed E-state index contributed by atoms with van der Waals surface area (Å²) in [6.45, 7) is 2.50. The lowest BCUT2D eigenvalue weighted by atomic mass is 10.1. The van der Waals surface area contributed by atoms with Gasteiger partial charge in [-0.3, -0.25) is 9.59 Å². The van der Waals surface area contributed by atoms with Crippen molar-refractivity contribution in [2.45, 2.75) is 128 Å². The zero-order valence-electron chi connectivity index (χ0n) is 24.2. The van der Waals surface area contributed by atoms with Crippen LogP contribution >= 0.6 is 0 Å². The van der Waals surface area contributed by atoms with Gasteiger partial charge in [0, 0.05) is 43.7 Å². The van der Waals surface area contributed by atoms with Gasteiger partial charge >= 0.3 is 5.97 Å². The van der Waals surface area contributed by atoms with E-state index in [9.17, 15) is 14.4 Å². The van der Waals surface area contributed by atoms with Gasteiger partial charge in [0.2, 0.25) is 11.8 Å². The smallest absolute Gasteiger partial charge is 0.328 e. The van der Waals surface area contributed by atoms with Crippen molar-refractivity contribution in [1.82, 2.24) is 20.2 Å². The van der Waals surface area contributed by atoms with Gasteiger partial charge in [-0.25, -0.2) is 9.78 Å². The number of unbranched alkanes of at least 4 members (excludes halogenated alkanes) is 11. The number of ether oxygens (including phenoxy) is 1. The predicted octanol–water partition coefficient (Wildman–Crippen LogP) is 4.58. The molecule has 0 spiro atoms. The van der Waals surface area contributed by atoms with Crippen molar-refractivity contribution in [1.29, 1.82) is 0 Å². The number of carbonyl (C=O) groups excluding carboxylic acids is 3. The lowest BCUT2D eigenvalue weighted by molar-refractivity contribution is -0.151. The number of aromatic nitrogens is 2. The van der Waals surface area contributed by atoms with E-state index < -0.39 is 18.1 Å². The van der Waals surface area contributed by atoms with Gasteiger partial charge in [0.1, 0.15) is 6.04 Å². The maximum Gasteiger partial charge on any atom is 0.328 e. The fraction of sp³-hybridized carbons (Fsp3) is 0.733. The largest absolute Gasteiger partial charge is 0.467 e. The third-order valence-corrected chi connectivity index (χ3v) is 7.40. The molecular weight excluding hydrogens is 494 g/mol. The van der Waals surface area contributed by atoms with E-state index in [1.165, 1.54) is 76.1 Å². The maximum absolute atomic E-state index is 13.0. The van der Waals surface area contributed by atoms with Crippen LogP contribution in [-0.2, 0) is 25.5 Å². The number of carbonyl (C=O) groups is 3. The molecule has 0 aromatic carbocycles. The van der Waals surface area contributed by atoms with Crippen molar-refractivity contribution in [3.05, 3.63) is 30.4 Å². The van der Waals surface area contributed by atoms with Crippen LogP contribution in [0.3, 0.4) is 0 Å². The third-order valence-electron chi connectivity index (χ3n) is 7.40. The van der Waals surface area contributed by atoms with Crippen molar-refractivity contribution >= 4 is 17.8 Å². The van der Waals surface area contributed by atoms with Crippen LogP contribution in [0.15, 0.2) is 24.7 Å². The van der Waals surface area contributed by atoms with E-state index in [4.69, 9.17) is 10.5 Å². The van der Waals surface area contributed by atoms with Crippen LogP contribution in [0.25, 0.3) is 0 Å². The second-order valence-corrected chi connectivity index (χ2v) is 10.8. The first-order valence-corrected chi connectivity index (χ1v) is 15.0. The van der Waals surface area contributed by atoms with Crippen molar-refractivity contribution in [2.24, 2.45) is 5.73 Å². The Morgan fingerprint density at radius 2 is 1.72 bits per heavy atom. The summed E-state index contributed by atoms with van der Waals surface area (Å²) in [5, 5.41) is 3.00. The molecule has 1 aliphatic heterocycles. The van der Waals surface area contributed by atoms with Crippen LogP contribution in [0.2, 0.25) is 0 Å². The summed E-state index contributed by atoms with van der Waals surface area (Å²) in [7, 11) is 1.30. The number of nitrogens with two attached hydrogens (primary N) is 1. The molecule has 9 heteroatoms. The van der Waals surface area contributed by atoms with E-state index in [1.54, 1.807) is 6.20 Å². The molecule has 2 amide bonds. The Balaban J connectivity index is 1.59. The number of imidazole rings is 1. The Kier molecular flexibility index (Phi) is 16.2. The molecule has 1 fully saturated rings. The number of amides is 2. The first-order valence-electron chi connectivity index (χ1n) is 15.0. The second kappa shape index (κ2) is 19.4. The third kappa shape index (κ3) is 12.8. The standard InChI is InChI=1S/C30H51N5O4/c1-3-4-5-6-7-8-9-10-11-12-13-14-15-16-17-18-28(36)34-25-20-27(30(38)39-2)35(22-25)29(37)26(31)19-24-21-32-23-33-24/h10-11,21,23,25-27H,3-9,12-20,22,31H2,1-2H3,(H,32,33)(H,34,36)/t25-,26?,27-/m0/s1. The average molecular weight is 546 g/mol. The van der Waals surface area contributed by atoms with Gasteiger partial charge in [0.25, 0.3) is 0 Å². The van der Waals surface area contributed by atoms with E-state index >= 15 is 0 Å². The molecule has 0 saturated carbocycles. The number of hydrogen-bond acceptors (Lipinski definition) is 6. The predicted molar refractivity (Wildman–Crippen MR) is 154 cm³/mol.